The third-order valence-electron chi connectivity index (χ3n) is 3.39. The molecule has 1 heterocycles. The van der Waals surface area contributed by atoms with Crippen molar-refractivity contribution < 1.29 is 17.9 Å². The van der Waals surface area contributed by atoms with Crippen molar-refractivity contribution in [2.24, 2.45) is 0 Å². The fraction of sp³-hybridized carbons (Fsp3) is 0.462. The summed E-state index contributed by atoms with van der Waals surface area (Å²) in [6, 6.07) is 4.65. The van der Waals surface area contributed by atoms with Gasteiger partial charge in [-0.3, -0.25) is 9.10 Å². The summed E-state index contributed by atoms with van der Waals surface area (Å²) in [7, 11) is -2.07. The van der Waals surface area contributed by atoms with E-state index in [0.717, 1.165) is 10.6 Å². The molecule has 0 saturated carbocycles. The Labute approximate surface area is 124 Å². The number of carbonyl (C=O) groups is 1. The highest BCUT2D eigenvalue weighted by molar-refractivity contribution is 7.92. The van der Waals surface area contributed by atoms with Crippen molar-refractivity contribution in [2.75, 3.05) is 49.6 Å². The van der Waals surface area contributed by atoms with E-state index >= 15 is 0 Å². The lowest BCUT2D eigenvalue weighted by atomic mass is 10.1. The molecule has 0 bridgehead atoms. The van der Waals surface area contributed by atoms with Crippen molar-refractivity contribution in [2.45, 2.75) is 0 Å². The van der Waals surface area contributed by atoms with Gasteiger partial charge in [0.2, 0.25) is 10.0 Å². The third kappa shape index (κ3) is 3.45. The Morgan fingerprint density at radius 3 is 2.52 bits per heavy atom. The fourth-order valence-corrected chi connectivity index (χ4v) is 2.61. The number of sulfonamides is 1. The topological polar surface area (TPSA) is 92.9 Å². The number of morpholine rings is 1. The smallest absolute Gasteiger partial charge is 0.256 e. The standard InChI is InChI=1S/C13H19N3O4S/c1-15(21(2,18)19)12-9-10(14)3-4-11(12)13(17)16-5-7-20-8-6-16/h3-4,9H,5-8,14H2,1-2H3. The predicted molar refractivity (Wildman–Crippen MR) is 80.8 cm³/mol. The molecule has 1 aliphatic rings. The SMILES string of the molecule is CN(c1cc(N)ccc1C(=O)N1CCOCC1)S(C)(=O)=O. The number of benzene rings is 1. The van der Waals surface area contributed by atoms with Crippen LogP contribution in [-0.2, 0) is 14.8 Å². The van der Waals surface area contributed by atoms with Gasteiger partial charge in [-0.25, -0.2) is 8.42 Å². The molecular weight excluding hydrogens is 294 g/mol. The van der Waals surface area contributed by atoms with E-state index in [1.165, 1.54) is 13.1 Å². The quantitative estimate of drug-likeness (QED) is 0.801. The number of anilines is 2. The van der Waals surface area contributed by atoms with Gasteiger partial charge in [-0.1, -0.05) is 0 Å². The van der Waals surface area contributed by atoms with E-state index in [4.69, 9.17) is 10.5 Å². The van der Waals surface area contributed by atoms with Crippen LogP contribution < -0.4 is 10.0 Å². The minimum absolute atomic E-state index is 0.219. The molecule has 0 atom stereocenters. The average Bonchev–Trinajstić information content (AvgIpc) is 2.45. The van der Waals surface area contributed by atoms with E-state index in [1.807, 2.05) is 0 Å². The van der Waals surface area contributed by atoms with Crippen LogP contribution in [-0.4, -0.2) is 58.8 Å². The number of amides is 1. The Hall–Kier alpha value is -1.80. The lowest BCUT2D eigenvalue weighted by molar-refractivity contribution is 0.0303. The van der Waals surface area contributed by atoms with Gasteiger partial charge in [-0.15, -0.1) is 0 Å². The summed E-state index contributed by atoms with van der Waals surface area (Å²) in [4.78, 5) is 14.2. The number of rotatable bonds is 3. The minimum atomic E-state index is -3.48. The second kappa shape index (κ2) is 5.90. The second-order valence-electron chi connectivity index (χ2n) is 4.91. The highest BCUT2D eigenvalue weighted by Crippen LogP contribution is 2.26. The molecule has 1 aromatic rings. The Kier molecular flexibility index (Phi) is 4.38. The maximum Gasteiger partial charge on any atom is 0.256 e. The number of nitrogens with zero attached hydrogens (tertiary/aromatic N) is 2. The van der Waals surface area contributed by atoms with Crippen LogP contribution in [0.3, 0.4) is 0 Å². The van der Waals surface area contributed by atoms with Gasteiger partial charge < -0.3 is 15.4 Å². The summed E-state index contributed by atoms with van der Waals surface area (Å²) in [5.74, 6) is -0.219. The van der Waals surface area contributed by atoms with E-state index in [9.17, 15) is 13.2 Å². The van der Waals surface area contributed by atoms with Crippen LogP contribution in [0, 0.1) is 0 Å². The Balaban J connectivity index is 2.41. The molecule has 8 heteroatoms. The van der Waals surface area contributed by atoms with Gasteiger partial charge in [-0.2, -0.15) is 0 Å². The Bertz CT molecular complexity index is 639. The van der Waals surface area contributed by atoms with E-state index < -0.39 is 10.0 Å². The highest BCUT2D eigenvalue weighted by Gasteiger charge is 2.24. The van der Waals surface area contributed by atoms with Crippen molar-refractivity contribution in [3.05, 3.63) is 23.8 Å². The molecule has 21 heavy (non-hydrogen) atoms. The highest BCUT2D eigenvalue weighted by atomic mass is 32.2. The first-order valence-corrected chi connectivity index (χ1v) is 8.36. The van der Waals surface area contributed by atoms with Crippen LogP contribution in [0.1, 0.15) is 10.4 Å². The van der Waals surface area contributed by atoms with Gasteiger partial charge in [0.25, 0.3) is 5.91 Å². The lowest BCUT2D eigenvalue weighted by Crippen LogP contribution is -2.41. The third-order valence-corrected chi connectivity index (χ3v) is 4.58. The molecule has 0 spiro atoms. The largest absolute Gasteiger partial charge is 0.399 e. The predicted octanol–water partition coefficient (Wildman–Crippen LogP) is 0.137. The molecule has 0 unspecified atom stereocenters. The molecule has 116 valence electrons. The molecule has 2 N–H and O–H groups in total. The summed E-state index contributed by atoms with van der Waals surface area (Å²) in [5.41, 5.74) is 6.73. The van der Waals surface area contributed by atoms with E-state index in [0.29, 0.717) is 37.6 Å². The number of nitrogens with two attached hydrogens (primary N) is 1. The van der Waals surface area contributed by atoms with E-state index in [2.05, 4.69) is 0 Å². The van der Waals surface area contributed by atoms with Crippen molar-refractivity contribution >= 4 is 27.3 Å². The molecule has 0 aromatic heterocycles. The maximum absolute atomic E-state index is 12.6. The lowest BCUT2D eigenvalue weighted by Gasteiger charge is -2.29. The molecule has 1 amide bonds. The zero-order valence-corrected chi connectivity index (χ0v) is 12.9. The summed E-state index contributed by atoms with van der Waals surface area (Å²) in [6.45, 7) is 1.95. The molecule has 1 aromatic carbocycles. The number of nitrogen functional groups attached to an aromatic ring is 1. The molecule has 1 aliphatic heterocycles. The first-order chi connectivity index (χ1) is 9.80. The number of hydrogen-bond donors (Lipinski definition) is 1. The summed E-state index contributed by atoms with van der Waals surface area (Å²) in [6.07, 6.45) is 1.08. The van der Waals surface area contributed by atoms with Gasteiger partial charge in [0.15, 0.2) is 0 Å². The number of ether oxygens (including phenoxy) is 1. The Morgan fingerprint density at radius 1 is 1.33 bits per heavy atom. The van der Waals surface area contributed by atoms with E-state index in [1.54, 1.807) is 17.0 Å². The van der Waals surface area contributed by atoms with Gasteiger partial charge in [0, 0.05) is 25.8 Å². The Morgan fingerprint density at radius 2 is 1.95 bits per heavy atom. The van der Waals surface area contributed by atoms with Crippen molar-refractivity contribution in [1.82, 2.24) is 4.90 Å². The monoisotopic (exact) mass is 313 g/mol. The van der Waals surface area contributed by atoms with Crippen molar-refractivity contribution in [1.29, 1.82) is 0 Å². The van der Waals surface area contributed by atoms with Crippen LogP contribution in [0.5, 0.6) is 0 Å². The van der Waals surface area contributed by atoms with Crippen LogP contribution in [0.15, 0.2) is 18.2 Å². The summed E-state index contributed by atoms with van der Waals surface area (Å²) >= 11 is 0. The van der Waals surface area contributed by atoms with Gasteiger partial charge in [0.05, 0.1) is 30.7 Å². The molecule has 2 rings (SSSR count). The first-order valence-electron chi connectivity index (χ1n) is 6.51. The molecular formula is C13H19N3O4S. The molecule has 7 nitrogen and oxygen atoms in total. The summed E-state index contributed by atoms with van der Waals surface area (Å²) in [5, 5.41) is 0. The minimum Gasteiger partial charge on any atom is -0.399 e. The second-order valence-corrected chi connectivity index (χ2v) is 6.93. The van der Waals surface area contributed by atoms with Gasteiger partial charge in [-0.05, 0) is 18.2 Å². The molecule has 0 radical (unpaired) electrons. The fourth-order valence-electron chi connectivity index (χ4n) is 2.11. The molecule has 1 saturated heterocycles. The van der Waals surface area contributed by atoms with Crippen molar-refractivity contribution in [3.8, 4) is 0 Å². The van der Waals surface area contributed by atoms with Crippen molar-refractivity contribution in [3.63, 3.8) is 0 Å². The molecule has 0 aliphatic carbocycles. The summed E-state index contributed by atoms with van der Waals surface area (Å²) < 4.78 is 29.8. The van der Waals surface area contributed by atoms with Crippen LogP contribution in [0.4, 0.5) is 11.4 Å². The van der Waals surface area contributed by atoms with Crippen LogP contribution in [0.25, 0.3) is 0 Å². The average molecular weight is 313 g/mol. The van der Waals surface area contributed by atoms with Gasteiger partial charge in [0.1, 0.15) is 0 Å². The molecule has 1 fully saturated rings. The van der Waals surface area contributed by atoms with Gasteiger partial charge >= 0.3 is 0 Å². The van der Waals surface area contributed by atoms with E-state index in [-0.39, 0.29) is 11.6 Å². The normalized spacial score (nSPS) is 15.8. The number of hydrogen-bond acceptors (Lipinski definition) is 5. The zero-order chi connectivity index (χ0) is 15.6. The van der Waals surface area contributed by atoms with Crippen LogP contribution >= 0.6 is 0 Å². The number of carbonyl (C=O) groups excluding carboxylic acids is 1. The first kappa shape index (κ1) is 15.6. The zero-order valence-electron chi connectivity index (χ0n) is 12.1. The maximum atomic E-state index is 12.6. The van der Waals surface area contributed by atoms with Crippen LogP contribution in [0.2, 0.25) is 0 Å².